The molecule has 0 aliphatic carbocycles. The van der Waals surface area contributed by atoms with Crippen molar-refractivity contribution in [1.29, 1.82) is 0 Å². The highest BCUT2D eigenvalue weighted by atomic mass is 16.6. The average Bonchev–Trinajstić information content (AvgIpc) is 2.64. The third-order valence-corrected chi connectivity index (χ3v) is 2.18. The van der Waals surface area contributed by atoms with Gasteiger partial charge in [-0.15, -0.1) is 0 Å². The summed E-state index contributed by atoms with van der Waals surface area (Å²) in [4.78, 5) is 14.5. The molecule has 0 radical (unpaired) electrons. The van der Waals surface area contributed by atoms with Gasteiger partial charge in [-0.2, -0.15) is 5.10 Å². The Kier molecular flexibility index (Phi) is 2.63. The molecule has 0 unspecified atom stereocenters. The minimum atomic E-state index is -0.394. The molecule has 82 valence electrons. The van der Waals surface area contributed by atoms with Gasteiger partial charge >= 0.3 is 0 Å². The Morgan fingerprint density at radius 2 is 2.19 bits per heavy atom. The predicted molar refractivity (Wildman–Crippen MR) is 57.0 cm³/mol. The van der Waals surface area contributed by atoms with Gasteiger partial charge < -0.3 is 0 Å². The van der Waals surface area contributed by atoms with E-state index in [1.54, 1.807) is 25.1 Å². The fourth-order valence-corrected chi connectivity index (χ4v) is 1.48. The minimum Gasteiger partial charge on any atom is -0.263 e. The van der Waals surface area contributed by atoms with E-state index in [0.717, 1.165) is 0 Å². The topological polar surface area (TPSA) is 84.7 Å². The second kappa shape index (κ2) is 4.09. The number of nitro benzene ring substituents is 1. The number of hydrogen-bond acceptors (Lipinski definition) is 4. The fourth-order valence-electron chi connectivity index (χ4n) is 1.48. The Morgan fingerprint density at radius 3 is 2.81 bits per heavy atom. The molecule has 1 heterocycles. The van der Waals surface area contributed by atoms with Crippen LogP contribution in [0.1, 0.15) is 17.2 Å². The van der Waals surface area contributed by atoms with Gasteiger partial charge in [-0.3, -0.25) is 15.2 Å². The lowest BCUT2D eigenvalue weighted by atomic mass is 10.1. The highest BCUT2D eigenvalue weighted by molar-refractivity contribution is 5.41. The van der Waals surface area contributed by atoms with Gasteiger partial charge in [0.1, 0.15) is 5.82 Å². The summed E-state index contributed by atoms with van der Waals surface area (Å²) in [6.45, 7) is 1.79. The fraction of sp³-hybridized carbons (Fsp3) is 0.200. The number of aryl methyl sites for hydroxylation is 1. The Labute approximate surface area is 91.5 Å². The number of nitro groups is 1. The van der Waals surface area contributed by atoms with Crippen LogP contribution in [0.3, 0.4) is 0 Å². The second-order valence-electron chi connectivity index (χ2n) is 3.40. The van der Waals surface area contributed by atoms with Crippen molar-refractivity contribution in [2.45, 2.75) is 13.3 Å². The van der Waals surface area contributed by atoms with Crippen molar-refractivity contribution in [2.75, 3.05) is 0 Å². The van der Waals surface area contributed by atoms with Crippen molar-refractivity contribution in [1.82, 2.24) is 15.2 Å². The number of rotatable bonds is 3. The average molecular weight is 218 g/mol. The standard InChI is InChI=1S/C10H10N4O2/c1-7-11-10(13-12-7)6-8-4-2-3-5-9(8)14(15)16/h2-5H,6H2,1H3,(H,11,12,13). The van der Waals surface area contributed by atoms with E-state index in [9.17, 15) is 10.1 Å². The number of nitrogens with one attached hydrogen (secondary N) is 1. The van der Waals surface area contributed by atoms with Gasteiger partial charge in [0.25, 0.3) is 5.69 Å². The molecule has 0 amide bonds. The molecular formula is C10H10N4O2. The van der Waals surface area contributed by atoms with Crippen LogP contribution in [0.5, 0.6) is 0 Å². The molecule has 6 heteroatoms. The smallest absolute Gasteiger partial charge is 0.263 e. The summed E-state index contributed by atoms with van der Waals surface area (Å²) in [5.74, 6) is 1.26. The lowest BCUT2D eigenvalue weighted by molar-refractivity contribution is -0.385. The van der Waals surface area contributed by atoms with E-state index in [0.29, 0.717) is 23.6 Å². The van der Waals surface area contributed by atoms with Crippen LogP contribution >= 0.6 is 0 Å². The highest BCUT2D eigenvalue weighted by Crippen LogP contribution is 2.19. The van der Waals surface area contributed by atoms with E-state index in [2.05, 4.69) is 15.2 Å². The number of nitrogens with zero attached hydrogens (tertiary/aromatic N) is 3. The maximum atomic E-state index is 10.8. The van der Waals surface area contributed by atoms with Crippen molar-refractivity contribution < 1.29 is 4.92 Å². The molecule has 16 heavy (non-hydrogen) atoms. The number of benzene rings is 1. The molecule has 2 aromatic rings. The first kappa shape index (κ1) is 10.3. The zero-order valence-corrected chi connectivity index (χ0v) is 8.67. The van der Waals surface area contributed by atoms with Crippen LogP contribution in [0.15, 0.2) is 24.3 Å². The van der Waals surface area contributed by atoms with Crippen molar-refractivity contribution in [3.8, 4) is 0 Å². The molecule has 0 bridgehead atoms. The van der Waals surface area contributed by atoms with Crippen LogP contribution in [0.25, 0.3) is 0 Å². The van der Waals surface area contributed by atoms with Crippen molar-refractivity contribution in [2.24, 2.45) is 0 Å². The second-order valence-corrected chi connectivity index (χ2v) is 3.40. The molecule has 2 rings (SSSR count). The Morgan fingerprint density at radius 1 is 1.44 bits per heavy atom. The molecule has 0 aliphatic heterocycles. The zero-order chi connectivity index (χ0) is 11.5. The van der Waals surface area contributed by atoms with Gasteiger partial charge in [-0.05, 0) is 6.92 Å². The first-order valence-electron chi connectivity index (χ1n) is 4.77. The molecule has 0 aliphatic rings. The van der Waals surface area contributed by atoms with E-state index >= 15 is 0 Å². The predicted octanol–water partition coefficient (Wildman–Crippen LogP) is 1.61. The van der Waals surface area contributed by atoms with Gasteiger partial charge in [0, 0.05) is 18.1 Å². The lowest BCUT2D eigenvalue weighted by Gasteiger charge is -1.98. The van der Waals surface area contributed by atoms with E-state index in [-0.39, 0.29) is 5.69 Å². The van der Waals surface area contributed by atoms with Gasteiger partial charge in [0.05, 0.1) is 4.92 Å². The monoisotopic (exact) mass is 218 g/mol. The van der Waals surface area contributed by atoms with Crippen molar-refractivity contribution in [3.63, 3.8) is 0 Å². The minimum absolute atomic E-state index is 0.102. The lowest BCUT2D eigenvalue weighted by Crippen LogP contribution is -1.97. The van der Waals surface area contributed by atoms with Crippen LogP contribution in [0.4, 0.5) is 5.69 Å². The number of para-hydroxylation sites is 1. The molecule has 1 N–H and O–H groups in total. The number of H-pyrrole nitrogens is 1. The van der Waals surface area contributed by atoms with Gasteiger partial charge in [-0.25, -0.2) is 4.98 Å². The first-order chi connectivity index (χ1) is 7.66. The first-order valence-corrected chi connectivity index (χ1v) is 4.77. The van der Waals surface area contributed by atoms with E-state index in [1.165, 1.54) is 6.07 Å². The molecule has 0 saturated heterocycles. The van der Waals surface area contributed by atoms with Crippen LogP contribution in [-0.2, 0) is 6.42 Å². The summed E-state index contributed by atoms with van der Waals surface area (Å²) >= 11 is 0. The highest BCUT2D eigenvalue weighted by Gasteiger charge is 2.14. The maximum Gasteiger partial charge on any atom is 0.273 e. The Bertz CT molecular complexity index is 521. The molecule has 1 aromatic heterocycles. The van der Waals surface area contributed by atoms with Crippen LogP contribution in [0.2, 0.25) is 0 Å². The molecule has 0 spiro atoms. The molecule has 0 fully saturated rings. The SMILES string of the molecule is Cc1nc(Cc2ccccc2[N+](=O)[O-])n[nH]1. The van der Waals surface area contributed by atoms with Gasteiger partial charge in [0.15, 0.2) is 5.82 Å². The van der Waals surface area contributed by atoms with Crippen LogP contribution in [0, 0.1) is 17.0 Å². The number of aromatic nitrogens is 3. The van der Waals surface area contributed by atoms with E-state index in [4.69, 9.17) is 0 Å². The summed E-state index contributed by atoms with van der Waals surface area (Å²) < 4.78 is 0. The molecule has 1 aromatic carbocycles. The molecular weight excluding hydrogens is 208 g/mol. The third kappa shape index (κ3) is 2.05. The van der Waals surface area contributed by atoms with E-state index in [1.807, 2.05) is 0 Å². The quantitative estimate of drug-likeness (QED) is 0.626. The van der Waals surface area contributed by atoms with Crippen molar-refractivity contribution >= 4 is 5.69 Å². The summed E-state index contributed by atoms with van der Waals surface area (Å²) in [7, 11) is 0. The van der Waals surface area contributed by atoms with E-state index < -0.39 is 4.92 Å². The summed E-state index contributed by atoms with van der Waals surface area (Å²) in [5.41, 5.74) is 0.719. The Hall–Kier alpha value is -2.24. The van der Waals surface area contributed by atoms with Gasteiger partial charge in [-0.1, -0.05) is 18.2 Å². The summed E-state index contributed by atoms with van der Waals surface area (Å²) in [5, 5.41) is 17.4. The van der Waals surface area contributed by atoms with Crippen LogP contribution < -0.4 is 0 Å². The molecule has 0 atom stereocenters. The number of hydrogen-bond donors (Lipinski definition) is 1. The summed E-state index contributed by atoms with van der Waals surface area (Å²) in [6, 6.07) is 6.60. The normalized spacial score (nSPS) is 10.3. The molecule has 0 saturated carbocycles. The molecule has 6 nitrogen and oxygen atoms in total. The zero-order valence-electron chi connectivity index (χ0n) is 8.67. The van der Waals surface area contributed by atoms with Gasteiger partial charge in [0.2, 0.25) is 0 Å². The maximum absolute atomic E-state index is 10.8. The Balaban J connectivity index is 2.31. The van der Waals surface area contributed by atoms with Crippen molar-refractivity contribution in [3.05, 3.63) is 51.6 Å². The number of aromatic amines is 1. The largest absolute Gasteiger partial charge is 0.273 e. The summed E-state index contributed by atoms with van der Waals surface area (Å²) in [6.07, 6.45) is 0.363. The van der Waals surface area contributed by atoms with Crippen LogP contribution in [-0.4, -0.2) is 20.1 Å². The third-order valence-electron chi connectivity index (χ3n) is 2.18.